The number of nitrogens with one attached hydrogen (secondary N) is 1. The Balaban J connectivity index is 1.98. The summed E-state index contributed by atoms with van der Waals surface area (Å²) < 4.78 is 2.20. The van der Waals surface area contributed by atoms with Crippen LogP contribution >= 0.6 is 11.3 Å². The summed E-state index contributed by atoms with van der Waals surface area (Å²) in [6, 6.07) is 8.61. The smallest absolute Gasteiger partial charge is 0.182 e. The van der Waals surface area contributed by atoms with Gasteiger partial charge in [0, 0.05) is 10.6 Å². The first-order valence-electron chi connectivity index (χ1n) is 6.55. The predicted molar refractivity (Wildman–Crippen MR) is 75.1 cm³/mol. The number of aromatic nitrogens is 1. The van der Waals surface area contributed by atoms with Gasteiger partial charge in [0.05, 0.1) is 6.54 Å². The maximum Gasteiger partial charge on any atom is 0.182 e. The first kappa shape index (κ1) is 11.7. The van der Waals surface area contributed by atoms with Gasteiger partial charge in [0.2, 0.25) is 0 Å². The molecule has 3 rings (SSSR count). The third kappa shape index (κ3) is 2.15. The molecule has 94 valence electrons. The normalized spacial score (nSPS) is 14.5. The zero-order valence-corrected chi connectivity index (χ0v) is 11.5. The molecule has 1 aliphatic rings. The van der Waals surface area contributed by atoms with Crippen LogP contribution in [0.3, 0.4) is 0 Å². The summed E-state index contributed by atoms with van der Waals surface area (Å²) in [5.41, 5.74) is 4.01. The van der Waals surface area contributed by atoms with E-state index >= 15 is 0 Å². The van der Waals surface area contributed by atoms with Crippen LogP contribution < -0.4 is 4.80 Å². The van der Waals surface area contributed by atoms with Crippen molar-refractivity contribution in [1.82, 2.24) is 4.57 Å². The van der Waals surface area contributed by atoms with Gasteiger partial charge in [-0.05, 0) is 38.2 Å². The van der Waals surface area contributed by atoms with Crippen LogP contribution in [0.1, 0.15) is 34.5 Å². The Morgan fingerprint density at radius 2 is 2.11 bits per heavy atom. The van der Waals surface area contributed by atoms with Gasteiger partial charge in [-0.15, -0.1) is 11.3 Å². The summed E-state index contributed by atoms with van der Waals surface area (Å²) in [5, 5.41) is 8.15. The zero-order valence-electron chi connectivity index (χ0n) is 10.7. The summed E-state index contributed by atoms with van der Waals surface area (Å²) in [6.07, 6.45) is 4.89. The number of aryl methyl sites for hydroxylation is 2. The predicted octanol–water partition coefficient (Wildman–Crippen LogP) is 3.26. The lowest BCUT2D eigenvalue weighted by atomic mass is 10.0. The SMILES string of the molecule is Cc1cccc(Cn2c3c(sc2=N)CCCC3)c1. The van der Waals surface area contributed by atoms with Crippen LogP contribution in [0.15, 0.2) is 24.3 Å². The highest BCUT2D eigenvalue weighted by Crippen LogP contribution is 2.24. The molecule has 0 atom stereocenters. The van der Waals surface area contributed by atoms with Gasteiger partial charge in [-0.3, -0.25) is 5.41 Å². The van der Waals surface area contributed by atoms with Gasteiger partial charge >= 0.3 is 0 Å². The molecule has 0 radical (unpaired) electrons. The van der Waals surface area contributed by atoms with E-state index in [1.165, 1.54) is 41.0 Å². The fourth-order valence-corrected chi connectivity index (χ4v) is 3.81. The second-order valence-electron chi connectivity index (χ2n) is 5.06. The molecule has 0 saturated carbocycles. The van der Waals surface area contributed by atoms with Crippen molar-refractivity contribution in [3.05, 3.63) is 50.8 Å². The van der Waals surface area contributed by atoms with E-state index in [9.17, 15) is 0 Å². The van der Waals surface area contributed by atoms with Gasteiger partial charge < -0.3 is 4.57 Å². The number of hydrogen-bond acceptors (Lipinski definition) is 2. The number of hydrogen-bond donors (Lipinski definition) is 1. The van der Waals surface area contributed by atoms with E-state index in [1.807, 2.05) is 0 Å². The van der Waals surface area contributed by atoms with Crippen molar-refractivity contribution in [2.24, 2.45) is 0 Å². The molecule has 18 heavy (non-hydrogen) atoms. The van der Waals surface area contributed by atoms with Gasteiger partial charge in [-0.1, -0.05) is 29.8 Å². The van der Waals surface area contributed by atoms with E-state index in [0.29, 0.717) is 4.80 Å². The van der Waals surface area contributed by atoms with Crippen LogP contribution in [-0.4, -0.2) is 4.57 Å². The molecule has 0 saturated heterocycles. The number of benzene rings is 1. The lowest BCUT2D eigenvalue weighted by Crippen LogP contribution is -2.18. The number of nitrogens with zero attached hydrogens (tertiary/aromatic N) is 1. The summed E-state index contributed by atoms with van der Waals surface area (Å²) in [7, 11) is 0. The molecule has 0 aliphatic heterocycles. The van der Waals surface area contributed by atoms with Crippen LogP contribution in [-0.2, 0) is 19.4 Å². The Bertz CT molecular complexity index is 622. The third-order valence-corrected chi connectivity index (χ3v) is 4.70. The van der Waals surface area contributed by atoms with Crippen molar-refractivity contribution in [3.63, 3.8) is 0 Å². The number of fused-ring (bicyclic) bond motifs is 1. The average Bonchev–Trinajstić information content (AvgIpc) is 2.66. The first-order chi connectivity index (χ1) is 8.74. The van der Waals surface area contributed by atoms with E-state index in [-0.39, 0.29) is 0 Å². The monoisotopic (exact) mass is 258 g/mol. The maximum absolute atomic E-state index is 8.15. The quantitative estimate of drug-likeness (QED) is 0.856. The van der Waals surface area contributed by atoms with E-state index in [1.54, 1.807) is 11.3 Å². The highest BCUT2D eigenvalue weighted by atomic mass is 32.1. The Labute approximate surface area is 111 Å². The minimum atomic E-state index is 0.711. The second kappa shape index (κ2) is 4.73. The molecule has 0 bridgehead atoms. The molecule has 2 nitrogen and oxygen atoms in total. The van der Waals surface area contributed by atoms with Crippen LogP contribution in [0.4, 0.5) is 0 Å². The molecule has 1 heterocycles. The molecule has 0 spiro atoms. The molecule has 2 aromatic rings. The molecule has 3 heteroatoms. The largest absolute Gasteiger partial charge is 0.317 e. The Hall–Kier alpha value is -1.35. The molecular formula is C15H18N2S. The van der Waals surface area contributed by atoms with Gasteiger partial charge in [0.15, 0.2) is 4.80 Å². The van der Waals surface area contributed by atoms with Crippen molar-refractivity contribution < 1.29 is 0 Å². The van der Waals surface area contributed by atoms with Gasteiger partial charge in [0.25, 0.3) is 0 Å². The fourth-order valence-electron chi connectivity index (χ4n) is 2.71. The van der Waals surface area contributed by atoms with E-state index in [0.717, 1.165) is 13.0 Å². The third-order valence-electron chi connectivity index (χ3n) is 3.60. The standard InChI is InChI=1S/C15H18N2S/c1-11-5-4-6-12(9-11)10-17-13-7-2-3-8-14(13)18-15(17)16/h4-6,9,16H,2-3,7-8,10H2,1H3. The van der Waals surface area contributed by atoms with Crippen LogP contribution in [0.5, 0.6) is 0 Å². The van der Waals surface area contributed by atoms with Gasteiger partial charge in [0.1, 0.15) is 0 Å². The summed E-state index contributed by atoms with van der Waals surface area (Å²) in [5.74, 6) is 0. The van der Waals surface area contributed by atoms with Crippen LogP contribution in [0.2, 0.25) is 0 Å². The molecular weight excluding hydrogens is 240 g/mol. The summed E-state index contributed by atoms with van der Waals surface area (Å²) >= 11 is 1.67. The Morgan fingerprint density at radius 1 is 1.28 bits per heavy atom. The average molecular weight is 258 g/mol. The van der Waals surface area contributed by atoms with Crippen LogP contribution in [0, 0.1) is 12.3 Å². The van der Waals surface area contributed by atoms with Crippen molar-refractivity contribution in [2.45, 2.75) is 39.2 Å². The molecule has 1 aromatic heterocycles. The highest BCUT2D eigenvalue weighted by Gasteiger charge is 2.16. The van der Waals surface area contributed by atoms with E-state index in [4.69, 9.17) is 5.41 Å². The fraction of sp³-hybridized carbons (Fsp3) is 0.400. The maximum atomic E-state index is 8.15. The highest BCUT2D eigenvalue weighted by molar-refractivity contribution is 7.09. The Morgan fingerprint density at radius 3 is 2.94 bits per heavy atom. The first-order valence-corrected chi connectivity index (χ1v) is 7.37. The van der Waals surface area contributed by atoms with Crippen molar-refractivity contribution >= 4 is 11.3 Å². The van der Waals surface area contributed by atoms with Gasteiger partial charge in [-0.2, -0.15) is 0 Å². The lowest BCUT2D eigenvalue weighted by molar-refractivity contribution is 0.619. The second-order valence-corrected chi connectivity index (χ2v) is 6.14. The molecule has 1 aromatic carbocycles. The van der Waals surface area contributed by atoms with Crippen LogP contribution in [0.25, 0.3) is 0 Å². The summed E-state index contributed by atoms with van der Waals surface area (Å²) in [4.78, 5) is 2.15. The molecule has 1 N–H and O–H groups in total. The minimum Gasteiger partial charge on any atom is -0.317 e. The number of thiazole rings is 1. The molecule has 0 amide bonds. The topological polar surface area (TPSA) is 28.8 Å². The van der Waals surface area contributed by atoms with E-state index < -0.39 is 0 Å². The van der Waals surface area contributed by atoms with Gasteiger partial charge in [-0.25, -0.2) is 0 Å². The minimum absolute atomic E-state index is 0.711. The lowest BCUT2D eigenvalue weighted by Gasteiger charge is -2.14. The summed E-state index contributed by atoms with van der Waals surface area (Å²) in [6.45, 7) is 2.98. The van der Waals surface area contributed by atoms with Crippen molar-refractivity contribution in [1.29, 1.82) is 5.41 Å². The Kier molecular flexibility index (Phi) is 3.08. The van der Waals surface area contributed by atoms with Crippen molar-refractivity contribution in [3.8, 4) is 0 Å². The zero-order chi connectivity index (χ0) is 12.5. The molecule has 0 unspecified atom stereocenters. The molecule has 1 aliphatic carbocycles. The van der Waals surface area contributed by atoms with E-state index in [2.05, 4.69) is 35.8 Å². The number of rotatable bonds is 2. The molecule has 0 fully saturated rings. The van der Waals surface area contributed by atoms with Crippen molar-refractivity contribution in [2.75, 3.05) is 0 Å².